The van der Waals surface area contributed by atoms with E-state index in [0.717, 1.165) is 27.8 Å². The summed E-state index contributed by atoms with van der Waals surface area (Å²) in [7, 11) is 0. The van der Waals surface area contributed by atoms with Crippen molar-refractivity contribution in [1.29, 1.82) is 0 Å². The lowest BCUT2D eigenvalue weighted by atomic mass is 10.2. The summed E-state index contributed by atoms with van der Waals surface area (Å²) in [6, 6.07) is 10.2. The third-order valence-corrected chi connectivity index (χ3v) is 5.87. The number of hydrogen-bond acceptors (Lipinski definition) is 7. The van der Waals surface area contributed by atoms with Gasteiger partial charge in [-0.1, -0.05) is 17.7 Å². The van der Waals surface area contributed by atoms with Gasteiger partial charge in [0, 0.05) is 43.6 Å². The Morgan fingerprint density at radius 2 is 1.76 bits per heavy atom. The Balaban J connectivity index is 1.44. The maximum Gasteiger partial charge on any atom is 0.265 e. The first kappa shape index (κ1) is 19.3. The summed E-state index contributed by atoms with van der Waals surface area (Å²) in [5, 5.41) is 3.36. The van der Waals surface area contributed by atoms with Crippen molar-refractivity contribution in [2.24, 2.45) is 0 Å². The van der Waals surface area contributed by atoms with Gasteiger partial charge in [0.2, 0.25) is 5.95 Å². The molecule has 1 N–H and O–H groups in total. The molecule has 0 radical (unpaired) electrons. The average Bonchev–Trinajstić information content (AvgIpc) is 3.15. The van der Waals surface area contributed by atoms with E-state index in [-0.39, 0.29) is 5.91 Å². The van der Waals surface area contributed by atoms with Crippen LogP contribution in [0.2, 0.25) is 0 Å². The number of nitrogens with zero attached hydrogens (tertiary/aromatic N) is 5. The molecule has 3 aromatic rings. The molecule has 3 heterocycles. The first-order valence-electron chi connectivity index (χ1n) is 9.63. The molecule has 29 heavy (non-hydrogen) atoms. The van der Waals surface area contributed by atoms with Gasteiger partial charge in [0.25, 0.3) is 5.91 Å². The fraction of sp³-hybridized carbons (Fsp3) is 0.333. The van der Waals surface area contributed by atoms with Crippen molar-refractivity contribution in [3.05, 3.63) is 57.7 Å². The quantitative estimate of drug-likeness (QED) is 0.711. The summed E-state index contributed by atoms with van der Waals surface area (Å²) < 4.78 is 0. The lowest BCUT2D eigenvalue weighted by molar-refractivity contribution is 0.0750. The normalized spacial score (nSPS) is 14.2. The Morgan fingerprint density at radius 1 is 1.03 bits per heavy atom. The highest BCUT2D eigenvalue weighted by molar-refractivity contribution is 7.11. The molecule has 150 valence electrons. The second-order valence-electron chi connectivity index (χ2n) is 7.23. The topological polar surface area (TPSA) is 74.2 Å². The van der Waals surface area contributed by atoms with Gasteiger partial charge < -0.3 is 15.1 Å². The molecule has 1 saturated heterocycles. The van der Waals surface area contributed by atoms with Crippen molar-refractivity contribution in [3.8, 4) is 0 Å². The van der Waals surface area contributed by atoms with E-state index in [9.17, 15) is 4.79 Å². The van der Waals surface area contributed by atoms with Crippen molar-refractivity contribution in [2.45, 2.75) is 20.8 Å². The van der Waals surface area contributed by atoms with Crippen LogP contribution in [0.25, 0.3) is 0 Å². The van der Waals surface area contributed by atoms with E-state index in [1.807, 2.05) is 36.9 Å². The highest BCUT2D eigenvalue weighted by Gasteiger charge is 2.25. The van der Waals surface area contributed by atoms with Crippen LogP contribution in [0.1, 0.15) is 26.6 Å². The van der Waals surface area contributed by atoms with E-state index >= 15 is 0 Å². The maximum atomic E-state index is 12.7. The maximum absolute atomic E-state index is 12.7. The number of nitrogens with one attached hydrogen (secondary N) is 1. The molecule has 4 rings (SSSR count). The fourth-order valence-corrected chi connectivity index (χ4v) is 4.07. The van der Waals surface area contributed by atoms with Crippen LogP contribution in [0.15, 0.2) is 35.8 Å². The van der Waals surface area contributed by atoms with Crippen molar-refractivity contribution in [2.75, 3.05) is 36.4 Å². The van der Waals surface area contributed by atoms with Gasteiger partial charge in [-0.2, -0.15) is 4.98 Å². The van der Waals surface area contributed by atoms with Crippen LogP contribution in [0.5, 0.6) is 0 Å². The van der Waals surface area contributed by atoms with Crippen molar-refractivity contribution in [3.63, 3.8) is 0 Å². The minimum Gasteiger partial charge on any atom is -0.340 e. The number of aromatic nitrogens is 3. The summed E-state index contributed by atoms with van der Waals surface area (Å²) in [6.45, 7) is 8.62. The highest BCUT2D eigenvalue weighted by atomic mass is 32.1. The molecule has 0 bridgehead atoms. The minimum atomic E-state index is 0.0662. The van der Waals surface area contributed by atoms with Gasteiger partial charge in [-0.25, -0.2) is 9.97 Å². The van der Waals surface area contributed by atoms with Gasteiger partial charge in [-0.05, 0) is 32.9 Å². The third-order valence-electron chi connectivity index (χ3n) is 4.96. The number of thiazole rings is 1. The lowest BCUT2D eigenvalue weighted by Gasteiger charge is -2.34. The number of anilines is 3. The predicted molar refractivity (Wildman–Crippen MR) is 116 cm³/mol. The summed E-state index contributed by atoms with van der Waals surface area (Å²) in [4.78, 5) is 30.9. The number of carbonyl (C=O) groups excluding carboxylic acids is 1. The number of amides is 1. The zero-order valence-electron chi connectivity index (χ0n) is 16.8. The molecule has 1 fully saturated rings. The number of aryl methyl sites for hydroxylation is 3. The molecule has 0 saturated carbocycles. The van der Waals surface area contributed by atoms with Gasteiger partial charge >= 0.3 is 0 Å². The van der Waals surface area contributed by atoms with E-state index in [1.165, 1.54) is 16.9 Å². The molecule has 1 amide bonds. The molecule has 0 unspecified atom stereocenters. The molecule has 7 nitrogen and oxygen atoms in total. The Kier molecular flexibility index (Phi) is 5.44. The van der Waals surface area contributed by atoms with Crippen LogP contribution in [0.3, 0.4) is 0 Å². The van der Waals surface area contributed by atoms with Gasteiger partial charge in [0.05, 0.1) is 11.2 Å². The summed E-state index contributed by atoms with van der Waals surface area (Å²) in [5.41, 5.74) is 5.65. The molecular formula is C21H24N6OS. The first-order valence-corrected chi connectivity index (χ1v) is 10.5. The monoisotopic (exact) mass is 408 g/mol. The average molecular weight is 409 g/mol. The summed E-state index contributed by atoms with van der Waals surface area (Å²) in [6.07, 6.45) is 0. The van der Waals surface area contributed by atoms with Crippen LogP contribution in [-0.4, -0.2) is 51.9 Å². The number of benzene rings is 1. The third kappa shape index (κ3) is 4.37. The molecule has 0 spiro atoms. The second-order valence-corrected chi connectivity index (χ2v) is 8.09. The summed E-state index contributed by atoms with van der Waals surface area (Å²) >= 11 is 1.41. The van der Waals surface area contributed by atoms with E-state index in [0.29, 0.717) is 32.1 Å². The fourth-order valence-electron chi connectivity index (χ4n) is 3.30. The molecule has 1 aliphatic heterocycles. The Labute approximate surface area is 174 Å². The molecule has 0 aliphatic carbocycles. The van der Waals surface area contributed by atoms with Crippen LogP contribution in [-0.2, 0) is 0 Å². The molecule has 2 aromatic heterocycles. The van der Waals surface area contributed by atoms with Gasteiger partial charge in [-0.3, -0.25) is 4.79 Å². The zero-order chi connectivity index (χ0) is 20.4. The zero-order valence-corrected chi connectivity index (χ0v) is 17.7. The number of carbonyl (C=O) groups is 1. The second kappa shape index (κ2) is 8.16. The van der Waals surface area contributed by atoms with Crippen molar-refractivity contribution >= 4 is 34.7 Å². The SMILES string of the molecule is Cc1ccc(Nc2cc(C)nc(N3CCN(C(=O)c4scnc4C)CC3)n2)cc1. The van der Waals surface area contributed by atoms with E-state index in [1.54, 1.807) is 5.51 Å². The van der Waals surface area contributed by atoms with E-state index in [4.69, 9.17) is 4.98 Å². The lowest BCUT2D eigenvalue weighted by Crippen LogP contribution is -2.49. The molecule has 0 atom stereocenters. The number of piperazine rings is 1. The van der Waals surface area contributed by atoms with Crippen molar-refractivity contribution < 1.29 is 4.79 Å². The smallest absolute Gasteiger partial charge is 0.265 e. The van der Waals surface area contributed by atoms with Crippen molar-refractivity contribution in [1.82, 2.24) is 19.9 Å². The molecular weight excluding hydrogens is 384 g/mol. The Bertz CT molecular complexity index is 1010. The van der Waals surface area contributed by atoms with E-state index in [2.05, 4.69) is 39.2 Å². The number of rotatable bonds is 4. The standard InChI is InChI=1S/C21H24N6OS/c1-14-4-6-17(7-5-14)24-18-12-15(2)23-21(25-18)27-10-8-26(9-11-27)20(28)19-16(3)22-13-29-19/h4-7,12-13H,8-11H2,1-3H3,(H,23,24,25). The Hall–Kier alpha value is -3.00. The summed E-state index contributed by atoms with van der Waals surface area (Å²) in [5.74, 6) is 1.53. The van der Waals surface area contributed by atoms with E-state index < -0.39 is 0 Å². The molecule has 8 heteroatoms. The largest absolute Gasteiger partial charge is 0.340 e. The van der Waals surface area contributed by atoms with Crippen LogP contribution < -0.4 is 10.2 Å². The molecule has 1 aromatic carbocycles. The van der Waals surface area contributed by atoms with Crippen LogP contribution in [0, 0.1) is 20.8 Å². The minimum absolute atomic E-state index is 0.0662. The first-order chi connectivity index (χ1) is 14.0. The Morgan fingerprint density at radius 3 is 2.41 bits per heavy atom. The van der Waals surface area contributed by atoms with Gasteiger partial charge in [0.1, 0.15) is 10.7 Å². The predicted octanol–water partition coefficient (Wildman–Crippen LogP) is 3.56. The van der Waals surface area contributed by atoms with Crippen LogP contribution in [0.4, 0.5) is 17.5 Å². The highest BCUT2D eigenvalue weighted by Crippen LogP contribution is 2.21. The van der Waals surface area contributed by atoms with Crippen LogP contribution >= 0.6 is 11.3 Å². The van der Waals surface area contributed by atoms with Gasteiger partial charge in [-0.15, -0.1) is 11.3 Å². The number of hydrogen-bond donors (Lipinski definition) is 1. The molecule has 1 aliphatic rings. The van der Waals surface area contributed by atoms with Gasteiger partial charge in [0.15, 0.2) is 0 Å².